The van der Waals surface area contributed by atoms with E-state index in [0.717, 1.165) is 138 Å². The quantitative estimate of drug-likeness (QED) is 0.119. The van der Waals surface area contributed by atoms with E-state index in [1.54, 1.807) is 12.1 Å². The molecule has 7 aromatic rings. The number of fused-ring (bicyclic) bond motifs is 2. The fourth-order valence-corrected chi connectivity index (χ4v) is 9.10. The third-order valence-electron chi connectivity index (χ3n) is 9.18. The number of nitrogens with zero attached hydrogens (tertiary/aromatic N) is 4. The highest BCUT2D eigenvalue weighted by Gasteiger charge is 2.25. The van der Waals surface area contributed by atoms with Gasteiger partial charge in [0, 0.05) is 41.8 Å². The molecule has 0 aliphatic heterocycles. The first-order valence-corrected chi connectivity index (χ1v) is 19.4. The average molecular weight is 709 g/mol. The molecule has 0 fully saturated rings. The molecule has 0 amide bonds. The Hall–Kier alpha value is -3.92. The molecular weight excluding hydrogens is 671 g/mol. The van der Waals surface area contributed by atoms with Gasteiger partial charge in [0.25, 0.3) is 0 Å². The van der Waals surface area contributed by atoms with Gasteiger partial charge in [0.1, 0.15) is 33.7 Å². The Kier molecular flexibility index (Phi) is 9.94. The number of benzene rings is 3. The standard InChI is InChI=1S/C40H38F2N4S3/c1-5-7-9-11-25-13-15-27(29(41)21-25)31-17-19-33(47-31)35-37-38(44-24(4)23(3)43-37)36(40-39(35)45-49-46-40)34-20-18-32(48-34)28-16-14-26(22-30(28)42)12-10-8-6-2/h13-22H,5-12H2,1-4H3. The number of hydrogen-bond acceptors (Lipinski definition) is 7. The van der Waals surface area contributed by atoms with Crippen LogP contribution in [0.4, 0.5) is 8.78 Å². The first kappa shape index (κ1) is 33.6. The summed E-state index contributed by atoms with van der Waals surface area (Å²) in [6.45, 7) is 8.27. The van der Waals surface area contributed by atoms with Crippen molar-refractivity contribution in [1.82, 2.24) is 18.7 Å². The fourth-order valence-electron chi connectivity index (χ4n) is 6.38. The maximum absolute atomic E-state index is 15.4. The predicted octanol–water partition coefficient (Wildman–Crippen LogP) is 12.8. The van der Waals surface area contributed by atoms with Crippen molar-refractivity contribution in [1.29, 1.82) is 0 Å². The van der Waals surface area contributed by atoms with Gasteiger partial charge in [-0.3, -0.25) is 0 Å². The first-order valence-electron chi connectivity index (χ1n) is 17.1. The van der Waals surface area contributed by atoms with Crippen molar-refractivity contribution in [2.75, 3.05) is 0 Å². The summed E-state index contributed by atoms with van der Waals surface area (Å²) in [4.78, 5) is 13.7. The zero-order chi connectivity index (χ0) is 34.1. The molecule has 7 rings (SSSR count). The van der Waals surface area contributed by atoms with Crippen molar-refractivity contribution in [3.8, 4) is 41.8 Å². The highest BCUT2D eigenvalue weighted by Crippen LogP contribution is 2.47. The third kappa shape index (κ3) is 6.68. The summed E-state index contributed by atoms with van der Waals surface area (Å²) in [6.07, 6.45) is 8.47. The highest BCUT2D eigenvalue weighted by molar-refractivity contribution is 7.19. The van der Waals surface area contributed by atoms with E-state index in [1.165, 1.54) is 22.7 Å². The number of aryl methyl sites for hydroxylation is 4. The largest absolute Gasteiger partial charge is 0.249 e. The van der Waals surface area contributed by atoms with Crippen LogP contribution in [-0.4, -0.2) is 18.7 Å². The predicted molar refractivity (Wildman–Crippen MR) is 204 cm³/mol. The molecule has 0 saturated heterocycles. The fraction of sp³-hybridized carbons (Fsp3) is 0.300. The first-order chi connectivity index (χ1) is 23.9. The van der Waals surface area contributed by atoms with E-state index in [2.05, 4.69) is 13.8 Å². The van der Waals surface area contributed by atoms with E-state index in [0.29, 0.717) is 11.1 Å². The van der Waals surface area contributed by atoms with Gasteiger partial charge in [-0.25, -0.2) is 18.7 Å². The van der Waals surface area contributed by atoms with Gasteiger partial charge in [-0.05, 0) is 87.1 Å². The maximum atomic E-state index is 15.4. The van der Waals surface area contributed by atoms with Crippen LogP contribution in [0, 0.1) is 25.5 Å². The zero-order valence-corrected chi connectivity index (χ0v) is 30.6. The summed E-state index contributed by atoms with van der Waals surface area (Å²) in [5.74, 6) is -0.407. The molecule has 0 aliphatic carbocycles. The Labute approximate surface area is 298 Å². The molecule has 0 N–H and O–H groups in total. The van der Waals surface area contributed by atoms with E-state index in [-0.39, 0.29) is 11.6 Å². The molecule has 0 atom stereocenters. The average Bonchev–Trinajstić information content (AvgIpc) is 3.87. The van der Waals surface area contributed by atoms with Crippen molar-refractivity contribution < 1.29 is 8.78 Å². The molecule has 0 aliphatic rings. The molecule has 0 spiro atoms. The van der Waals surface area contributed by atoms with Gasteiger partial charge >= 0.3 is 0 Å². The van der Waals surface area contributed by atoms with Crippen LogP contribution in [0.2, 0.25) is 0 Å². The van der Waals surface area contributed by atoms with Crippen molar-refractivity contribution >= 4 is 56.5 Å². The van der Waals surface area contributed by atoms with Gasteiger partial charge in [-0.15, -0.1) is 22.7 Å². The van der Waals surface area contributed by atoms with Crippen molar-refractivity contribution in [2.24, 2.45) is 0 Å². The molecule has 0 saturated carbocycles. The Morgan fingerprint density at radius 3 is 1.37 bits per heavy atom. The Morgan fingerprint density at radius 1 is 0.531 bits per heavy atom. The van der Waals surface area contributed by atoms with Crippen LogP contribution in [0.3, 0.4) is 0 Å². The number of rotatable bonds is 12. The van der Waals surface area contributed by atoms with E-state index in [1.807, 2.05) is 62.4 Å². The number of aromatic nitrogens is 4. The Bertz CT molecular complexity index is 2130. The van der Waals surface area contributed by atoms with Crippen LogP contribution < -0.4 is 0 Å². The van der Waals surface area contributed by atoms with E-state index in [4.69, 9.17) is 18.7 Å². The molecule has 4 nitrogen and oxygen atoms in total. The SMILES string of the molecule is CCCCCc1ccc(-c2ccc(-c3c4nsnc4c(-c4ccc(-c5ccc(CCCCC)cc5F)s4)c4nc(C)c(C)nc34)s2)c(F)c1. The van der Waals surface area contributed by atoms with Gasteiger partial charge in [0.15, 0.2) is 0 Å². The number of unbranched alkanes of at least 4 members (excludes halogenated alkanes) is 4. The van der Waals surface area contributed by atoms with Crippen LogP contribution in [0.25, 0.3) is 63.8 Å². The van der Waals surface area contributed by atoms with Gasteiger partial charge in [0.05, 0.1) is 23.1 Å². The molecule has 3 aromatic carbocycles. The monoisotopic (exact) mass is 708 g/mol. The molecule has 250 valence electrons. The Balaban J connectivity index is 1.31. The van der Waals surface area contributed by atoms with Crippen molar-refractivity contribution in [3.05, 3.63) is 94.8 Å². The number of thiophene rings is 2. The smallest absolute Gasteiger partial charge is 0.132 e. The molecule has 4 heterocycles. The molecule has 49 heavy (non-hydrogen) atoms. The van der Waals surface area contributed by atoms with Crippen molar-refractivity contribution in [2.45, 2.75) is 79.1 Å². The summed E-state index contributed by atoms with van der Waals surface area (Å²) in [5, 5.41) is 0. The van der Waals surface area contributed by atoms with E-state index in [9.17, 15) is 0 Å². The van der Waals surface area contributed by atoms with Crippen LogP contribution in [0.1, 0.15) is 74.9 Å². The van der Waals surface area contributed by atoms with Gasteiger partial charge in [-0.2, -0.15) is 8.75 Å². The second-order valence-corrected chi connectivity index (χ2v) is 15.4. The molecule has 4 aromatic heterocycles. The Morgan fingerprint density at radius 2 is 0.959 bits per heavy atom. The third-order valence-corrected chi connectivity index (χ3v) is 12.0. The lowest BCUT2D eigenvalue weighted by Gasteiger charge is -2.12. The minimum Gasteiger partial charge on any atom is -0.249 e. The summed E-state index contributed by atoms with van der Waals surface area (Å²) in [6, 6.07) is 19.2. The number of hydrogen-bond donors (Lipinski definition) is 0. The van der Waals surface area contributed by atoms with Crippen LogP contribution in [0.5, 0.6) is 0 Å². The summed E-state index contributed by atoms with van der Waals surface area (Å²) >= 11 is 4.20. The van der Waals surface area contributed by atoms with E-state index < -0.39 is 0 Å². The lowest BCUT2D eigenvalue weighted by Crippen LogP contribution is -1.98. The van der Waals surface area contributed by atoms with Crippen LogP contribution in [0.15, 0.2) is 60.7 Å². The molecule has 0 radical (unpaired) electrons. The second-order valence-electron chi connectivity index (χ2n) is 12.7. The molecular formula is C40H38F2N4S3. The van der Waals surface area contributed by atoms with Crippen molar-refractivity contribution in [3.63, 3.8) is 0 Å². The van der Waals surface area contributed by atoms with Crippen LogP contribution >= 0.6 is 34.4 Å². The number of halogens is 2. The summed E-state index contributed by atoms with van der Waals surface area (Å²) in [5.41, 5.74) is 9.56. The molecule has 0 bridgehead atoms. The minimum absolute atomic E-state index is 0.203. The van der Waals surface area contributed by atoms with Crippen LogP contribution in [-0.2, 0) is 12.8 Å². The normalized spacial score (nSPS) is 11.7. The second kappa shape index (κ2) is 14.5. The summed E-state index contributed by atoms with van der Waals surface area (Å²) < 4.78 is 40.4. The lowest BCUT2D eigenvalue weighted by atomic mass is 10.0. The maximum Gasteiger partial charge on any atom is 0.132 e. The van der Waals surface area contributed by atoms with Gasteiger partial charge in [0.2, 0.25) is 0 Å². The molecule has 9 heteroatoms. The van der Waals surface area contributed by atoms with Gasteiger partial charge < -0.3 is 0 Å². The lowest BCUT2D eigenvalue weighted by molar-refractivity contribution is 0.626. The summed E-state index contributed by atoms with van der Waals surface area (Å²) in [7, 11) is 0. The minimum atomic E-state index is -0.203. The highest BCUT2D eigenvalue weighted by atomic mass is 32.1. The molecule has 0 unspecified atom stereocenters. The topological polar surface area (TPSA) is 51.6 Å². The van der Waals surface area contributed by atoms with Gasteiger partial charge in [-0.1, -0.05) is 63.8 Å². The van der Waals surface area contributed by atoms with E-state index >= 15 is 8.78 Å². The zero-order valence-electron chi connectivity index (χ0n) is 28.2.